The molecule has 0 bridgehead atoms. The van der Waals surface area contributed by atoms with Gasteiger partial charge in [-0.25, -0.2) is 0 Å². The molecule has 0 fully saturated rings. The van der Waals surface area contributed by atoms with E-state index in [-0.39, 0.29) is 29.3 Å². The minimum Gasteiger partial charge on any atom is -0.493 e. The monoisotopic (exact) mass is 461 g/mol. The summed E-state index contributed by atoms with van der Waals surface area (Å²) in [6.07, 6.45) is 1.06. The summed E-state index contributed by atoms with van der Waals surface area (Å²) in [5, 5.41) is 14.3. The summed E-state index contributed by atoms with van der Waals surface area (Å²) < 4.78 is 10.6. The molecule has 176 valence electrons. The van der Waals surface area contributed by atoms with Crippen molar-refractivity contribution in [3.8, 4) is 11.5 Å². The minimum atomic E-state index is -0.599. The number of carbonyl (C=O) groups is 1. The van der Waals surface area contributed by atoms with Crippen molar-refractivity contribution >= 4 is 17.3 Å². The van der Waals surface area contributed by atoms with Crippen LogP contribution in [0.1, 0.15) is 34.0 Å². The van der Waals surface area contributed by atoms with E-state index in [0.29, 0.717) is 6.61 Å². The lowest BCUT2D eigenvalue weighted by atomic mass is 10.1. The molecule has 0 aliphatic carbocycles. The van der Waals surface area contributed by atoms with Crippen LogP contribution in [0.2, 0.25) is 0 Å². The first-order valence-corrected chi connectivity index (χ1v) is 11.2. The van der Waals surface area contributed by atoms with Gasteiger partial charge in [-0.2, -0.15) is 0 Å². The highest BCUT2D eigenvalue weighted by molar-refractivity contribution is 5.99. The van der Waals surface area contributed by atoms with Gasteiger partial charge in [0.1, 0.15) is 5.56 Å². The molecule has 3 aromatic carbocycles. The fourth-order valence-corrected chi connectivity index (χ4v) is 4.14. The first-order chi connectivity index (χ1) is 16.5. The molecule has 4 rings (SSSR count). The normalized spacial score (nSPS) is 12.2. The molecule has 8 nitrogen and oxygen atoms in total. The third-order valence-electron chi connectivity index (χ3n) is 5.86. The zero-order valence-electron chi connectivity index (χ0n) is 19.2. The zero-order valence-corrected chi connectivity index (χ0v) is 19.2. The van der Waals surface area contributed by atoms with Crippen molar-refractivity contribution < 1.29 is 19.2 Å². The highest BCUT2D eigenvalue weighted by Gasteiger charge is 2.24. The number of hydrogen-bond acceptors (Lipinski definition) is 6. The Hall–Kier alpha value is -4.07. The first kappa shape index (κ1) is 23.1. The lowest BCUT2D eigenvalue weighted by molar-refractivity contribution is -0.385. The molecule has 1 aliphatic rings. The summed E-state index contributed by atoms with van der Waals surface area (Å²) in [6.45, 7) is 4.19. The molecule has 0 atom stereocenters. The van der Waals surface area contributed by atoms with Crippen molar-refractivity contribution in [1.82, 2.24) is 5.32 Å². The SMILES string of the molecule is CCOc1cc(C(=O)NCc2ccc(CN3CCc4ccccc43)cc2)c([N+](=O)[O-])cc1OC. The third kappa shape index (κ3) is 4.96. The van der Waals surface area contributed by atoms with Crippen LogP contribution in [-0.4, -0.2) is 31.1 Å². The topological polar surface area (TPSA) is 93.9 Å². The number of carbonyl (C=O) groups excluding carboxylic acids is 1. The van der Waals surface area contributed by atoms with Crippen LogP contribution in [0.5, 0.6) is 11.5 Å². The van der Waals surface area contributed by atoms with E-state index >= 15 is 0 Å². The summed E-state index contributed by atoms with van der Waals surface area (Å²) >= 11 is 0. The molecular formula is C26H27N3O5. The summed E-state index contributed by atoms with van der Waals surface area (Å²) in [5.74, 6) is -0.0528. The van der Waals surface area contributed by atoms with Crippen molar-refractivity contribution in [1.29, 1.82) is 0 Å². The number of hydrogen-bond donors (Lipinski definition) is 1. The van der Waals surface area contributed by atoms with Crippen molar-refractivity contribution in [3.63, 3.8) is 0 Å². The molecule has 1 N–H and O–H groups in total. The van der Waals surface area contributed by atoms with Gasteiger partial charge < -0.3 is 19.7 Å². The van der Waals surface area contributed by atoms with Gasteiger partial charge in [-0.1, -0.05) is 42.5 Å². The van der Waals surface area contributed by atoms with Crippen molar-refractivity contribution in [2.75, 3.05) is 25.2 Å². The number of ether oxygens (including phenoxy) is 2. The van der Waals surface area contributed by atoms with Gasteiger partial charge in [-0.3, -0.25) is 14.9 Å². The molecule has 0 radical (unpaired) electrons. The molecule has 0 saturated carbocycles. The molecule has 8 heteroatoms. The predicted octanol–water partition coefficient (Wildman–Crippen LogP) is 4.49. The molecule has 0 aromatic heterocycles. The molecule has 3 aromatic rings. The highest BCUT2D eigenvalue weighted by atomic mass is 16.6. The molecule has 1 heterocycles. The Morgan fingerprint density at radius 2 is 1.82 bits per heavy atom. The van der Waals surface area contributed by atoms with E-state index in [1.165, 1.54) is 36.1 Å². The fraction of sp³-hybridized carbons (Fsp3) is 0.269. The van der Waals surface area contributed by atoms with Crippen LogP contribution in [0.25, 0.3) is 0 Å². The van der Waals surface area contributed by atoms with Gasteiger partial charge in [-0.05, 0) is 36.1 Å². The Balaban J connectivity index is 1.42. The van der Waals surface area contributed by atoms with E-state index in [1.807, 2.05) is 24.3 Å². The van der Waals surface area contributed by atoms with E-state index in [4.69, 9.17) is 9.47 Å². The minimum absolute atomic E-state index is 0.0708. The van der Waals surface area contributed by atoms with E-state index in [1.54, 1.807) is 6.92 Å². The van der Waals surface area contributed by atoms with Gasteiger partial charge in [0.2, 0.25) is 0 Å². The number of nitro benzene ring substituents is 1. The maximum Gasteiger partial charge on any atom is 0.286 e. The van der Waals surface area contributed by atoms with Crippen molar-refractivity contribution in [3.05, 3.63) is 93.0 Å². The number of fused-ring (bicyclic) bond motifs is 1. The Labute approximate surface area is 198 Å². The molecule has 1 amide bonds. The number of nitro groups is 1. The average Bonchev–Trinajstić information content (AvgIpc) is 3.26. The summed E-state index contributed by atoms with van der Waals surface area (Å²) in [5.41, 5.74) is 4.34. The van der Waals surface area contributed by atoms with Crippen LogP contribution in [0.15, 0.2) is 60.7 Å². The second-order valence-electron chi connectivity index (χ2n) is 8.01. The van der Waals surface area contributed by atoms with Gasteiger partial charge in [0.05, 0.1) is 24.7 Å². The van der Waals surface area contributed by atoms with Gasteiger partial charge in [-0.15, -0.1) is 0 Å². The smallest absolute Gasteiger partial charge is 0.286 e. The van der Waals surface area contributed by atoms with Crippen LogP contribution in [0, 0.1) is 10.1 Å². The number of methoxy groups -OCH3 is 1. The number of anilines is 1. The van der Waals surface area contributed by atoms with Gasteiger partial charge in [0.25, 0.3) is 11.6 Å². The number of nitrogens with zero attached hydrogens (tertiary/aromatic N) is 2. The third-order valence-corrected chi connectivity index (χ3v) is 5.86. The summed E-state index contributed by atoms with van der Waals surface area (Å²) in [7, 11) is 1.40. The molecule has 1 aliphatic heterocycles. The average molecular weight is 462 g/mol. The molecule has 0 saturated heterocycles. The van der Waals surface area contributed by atoms with Crippen LogP contribution >= 0.6 is 0 Å². The maximum absolute atomic E-state index is 12.8. The fourth-order valence-electron chi connectivity index (χ4n) is 4.14. The maximum atomic E-state index is 12.8. The van der Waals surface area contributed by atoms with Gasteiger partial charge >= 0.3 is 0 Å². The number of nitrogens with one attached hydrogen (secondary N) is 1. The zero-order chi connectivity index (χ0) is 24.1. The number of benzene rings is 3. The number of rotatable bonds is 9. The Kier molecular flexibility index (Phi) is 6.96. The molecule has 0 spiro atoms. The van der Waals surface area contributed by atoms with Crippen LogP contribution in [0.3, 0.4) is 0 Å². The van der Waals surface area contributed by atoms with Crippen molar-refractivity contribution in [2.45, 2.75) is 26.4 Å². The molecule has 0 unspecified atom stereocenters. The lowest BCUT2D eigenvalue weighted by Gasteiger charge is -2.19. The molecule has 34 heavy (non-hydrogen) atoms. The second kappa shape index (κ2) is 10.2. The second-order valence-corrected chi connectivity index (χ2v) is 8.01. The Bertz CT molecular complexity index is 1190. The summed E-state index contributed by atoms with van der Waals surface area (Å²) in [6, 6.07) is 19.1. The molecular weight excluding hydrogens is 434 g/mol. The van der Waals surface area contributed by atoms with Gasteiger partial charge in [0, 0.05) is 31.4 Å². The van der Waals surface area contributed by atoms with E-state index < -0.39 is 10.8 Å². The predicted molar refractivity (Wildman–Crippen MR) is 130 cm³/mol. The standard InChI is InChI=1S/C26H27N3O5/c1-3-34-25-14-21(23(29(31)32)15-24(25)33-2)26(30)27-16-18-8-10-19(11-9-18)17-28-13-12-20-6-4-5-7-22(20)28/h4-11,14-15H,3,12-13,16-17H2,1-2H3,(H,27,30). The van der Waals surface area contributed by atoms with E-state index in [2.05, 4.69) is 34.5 Å². The van der Waals surface area contributed by atoms with Crippen molar-refractivity contribution in [2.24, 2.45) is 0 Å². The highest BCUT2D eigenvalue weighted by Crippen LogP contribution is 2.35. The Morgan fingerprint density at radius 1 is 1.09 bits per heavy atom. The van der Waals surface area contributed by atoms with Gasteiger partial charge in [0.15, 0.2) is 11.5 Å². The van der Waals surface area contributed by atoms with Crippen LogP contribution in [-0.2, 0) is 19.5 Å². The van der Waals surface area contributed by atoms with E-state index in [0.717, 1.165) is 25.1 Å². The summed E-state index contributed by atoms with van der Waals surface area (Å²) in [4.78, 5) is 26.1. The number of para-hydroxylation sites is 1. The lowest BCUT2D eigenvalue weighted by Crippen LogP contribution is -2.24. The quantitative estimate of drug-likeness (QED) is 0.373. The first-order valence-electron chi connectivity index (χ1n) is 11.2. The van der Waals surface area contributed by atoms with Crippen LogP contribution < -0.4 is 19.7 Å². The Morgan fingerprint density at radius 3 is 2.53 bits per heavy atom. The largest absolute Gasteiger partial charge is 0.493 e. The van der Waals surface area contributed by atoms with E-state index in [9.17, 15) is 14.9 Å². The number of amides is 1. The van der Waals surface area contributed by atoms with Crippen LogP contribution in [0.4, 0.5) is 11.4 Å².